The number of nitrogens with one attached hydrogen (secondary N) is 1. The van der Waals surface area contributed by atoms with Crippen LogP contribution in [-0.2, 0) is 6.54 Å². The molecule has 0 unspecified atom stereocenters. The minimum atomic E-state index is 0.893. The van der Waals surface area contributed by atoms with E-state index in [2.05, 4.69) is 33.2 Å². The van der Waals surface area contributed by atoms with Crippen molar-refractivity contribution in [1.29, 1.82) is 0 Å². The first-order valence-electron chi connectivity index (χ1n) is 6.96. The average Bonchev–Trinajstić information content (AvgIpc) is 2.93. The molecule has 98 valence electrons. The summed E-state index contributed by atoms with van der Waals surface area (Å²) in [6.07, 6.45) is 9.23. The maximum Gasteiger partial charge on any atom is 0.194 e. The van der Waals surface area contributed by atoms with Crippen LogP contribution in [0.2, 0.25) is 0 Å². The minimum absolute atomic E-state index is 0.893. The van der Waals surface area contributed by atoms with Crippen LogP contribution in [0.4, 0.5) is 0 Å². The molecule has 0 aliphatic heterocycles. The molecule has 0 bridgehead atoms. The second-order valence-corrected chi connectivity index (χ2v) is 6.21. The molecular weight excluding hydrogens is 242 g/mol. The van der Waals surface area contributed by atoms with Gasteiger partial charge in [-0.15, -0.1) is 11.3 Å². The van der Waals surface area contributed by atoms with Gasteiger partial charge in [0.2, 0.25) is 0 Å². The molecule has 1 aliphatic rings. The predicted molar refractivity (Wildman–Crippen MR) is 76.1 cm³/mol. The normalized spacial score (nSPS) is 17.6. The van der Waals surface area contributed by atoms with E-state index < -0.39 is 0 Å². The Kier molecular flexibility index (Phi) is 3.66. The lowest BCUT2D eigenvalue weighted by molar-refractivity contribution is 0.341. The van der Waals surface area contributed by atoms with E-state index in [1.807, 2.05) is 0 Å². The van der Waals surface area contributed by atoms with E-state index in [-0.39, 0.29) is 0 Å². The summed E-state index contributed by atoms with van der Waals surface area (Å²) in [5, 5.41) is 5.73. The summed E-state index contributed by atoms with van der Waals surface area (Å²) < 4.78 is 2.22. The maximum absolute atomic E-state index is 4.58. The van der Waals surface area contributed by atoms with E-state index >= 15 is 0 Å². The van der Waals surface area contributed by atoms with Crippen LogP contribution in [0, 0.1) is 12.8 Å². The van der Waals surface area contributed by atoms with Crippen molar-refractivity contribution in [3.8, 4) is 0 Å². The van der Waals surface area contributed by atoms with Crippen molar-refractivity contribution in [3.05, 3.63) is 23.0 Å². The molecule has 0 amide bonds. The zero-order valence-electron chi connectivity index (χ0n) is 11.0. The van der Waals surface area contributed by atoms with Gasteiger partial charge in [0.25, 0.3) is 0 Å². The first-order valence-corrected chi connectivity index (χ1v) is 7.84. The molecule has 0 spiro atoms. The van der Waals surface area contributed by atoms with Crippen LogP contribution in [0.1, 0.15) is 43.5 Å². The van der Waals surface area contributed by atoms with Gasteiger partial charge in [-0.2, -0.15) is 0 Å². The molecular formula is C14H21N3S. The third-order valence-corrected chi connectivity index (χ3v) is 4.77. The van der Waals surface area contributed by atoms with Crippen molar-refractivity contribution in [3.63, 3.8) is 0 Å². The van der Waals surface area contributed by atoms with Crippen molar-refractivity contribution in [1.82, 2.24) is 14.7 Å². The molecule has 3 rings (SSSR count). The highest BCUT2D eigenvalue weighted by Crippen LogP contribution is 2.23. The van der Waals surface area contributed by atoms with E-state index in [1.54, 1.807) is 11.3 Å². The second-order valence-electron chi connectivity index (χ2n) is 5.33. The maximum atomic E-state index is 4.58. The summed E-state index contributed by atoms with van der Waals surface area (Å²) in [6.45, 7) is 4.22. The number of nitrogens with zero attached hydrogens (tertiary/aromatic N) is 2. The van der Waals surface area contributed by atoms with Crippen LogP contribution in [0.3, 0.4) is 0 Å². The Morgan fingerprint density at radius 1 is 1.39 bits per heavy atom. The fraction of sp³-hybridized carbons (Fsp3) is 0.643. The highest BCUT2D eigenvalue weighted by Gasteiger charge is 2.14. The number of thiazole rings is 1. The molecule has 0 radical (unpaired) electrons. The number of hydrogen-bond donors (Lipinski definition) is 1. The number of fused-ring (bicyclic) bond motifs is 1. The van der Waals surface area contributed by atoms with Crippen LogP contribution in [0.15, 0.2) is 11.6 Å². The fourth-order valence-corrected chi connectivity index (χ4v) is 3.72. The van der Waals surface area contributed by atoms with Gasteiger partial charge in [0.05, 0.1) is 11.4 Å². The SMILES string of the molecule is Cc1nc2sccn2c1CNCC1CCCCC1. The van der Waals surface area contributed by atoms with Crippen LogP contribution in [0.25, 0.3) is 4.96 Å². The summed E-state index contributed by atoms with van der Waals surface area (Å²) in [7, 11) is 0. The summed E-state index contributed by atoms with van der Waals surface area (Å²) in [5.41, 5.74) is 2.49. The number of aryl methyl sites for hydroxylation is 1. The number of imidazole rings is 1. The van der Waals surface area contributed by atoms with Crippen LogP contribution >= 0.6 is 11.3 Å². The Labute approximate surface area is 112 Å². The zero-order chi connectivity index (χ0) is 12.4. The number of aromatic nitrogens is 2. The standard InChI is InChI=1S/C14H21N3S/c1-11-13(17-7-8-18-14(17)16-11)10-15-9-12-5-3-2-4-6-12/h7-8,12,15H,2-6,9-10H2,1H3. The van der Waals surface area contributed by atoms with Gasteiger partial charge >= 0.3 is 0 Å². The molecule has 3 nitrogen and oxygen atoms in total. The third kappa shape index (κ3) is 2.45. The molecule has 2 heterocycles. The van der Waals surface area contributed by atoms with Gasteiger partial charge in [0, 0.05) is 18.1 Å². The molecule has 1 N–H and O–H groups in total. The lowest BCUT2D eigenvalue weighted by Gasteiger charge is -2.21. The van der Waals surface area contributed by atoms with E-state index in [0.717, 1.165) is 29.7 Å². The van der Waals surface area contributed by atoms with Gasteiger partial charge < -0.3 is 5.32 Å². The van der Waals surface area contributed by atoms with Crippen LogP contribution in [-0.4, -0.2) is 15.9 Å². The molecule has 1 saturated carbocycles. The van der Waals surface area contributed by atoms with E-state index in [9.17, 15) is 0 Å². The van der Waals surface area contributed by atoms with Crippen molar-refractivity contribution in [2.75, 3.05) is 6.54 Å². The molecule has 1 aliphatic carbocycles. The van der Waals surface area contributed by atoms with Gasteiger partial charge in [0.15, 0.2) is 4.96 Å². The van der Waals surface area contributed by atoms with E-state index in [1.165, 1.54) is 37.8 Å². The molecule has 1 fully saturated rings. The highest BCUT2D eigenvalue weighted by atomic mass is 32.1. The lowest BCUT2D eigenvalue weighted by Crippen LogP contribution is -2.24. The first-order chi connectivity index (χ1) is 8.84. The van der Waals surface area contributed by atoms with E-state index in [0.29, 0.717) is 0 Å². The zero-order valence-corrected chi connectivity index (χ0v) is 11.8. The molecule has 2 aromatic rings. The molecule has 0 aromatic carbocycles. The van der Waals surface area contributed by atoms with Crippen LogP contribution < -0.4 is 5.32 Å². The molecule has 18 heavy (non-hydrogen) atoms. The van der Waals surface area contributed by atoms with Gasteiger partial charge in [-0.1, -0.05) is 19.3 Å². The fourth-order valence-electron chi connectivity index (χ4n) is 2.94. The number of rotatable bonds is 4. The summed E-state index contributed by atoms with van der Waals surface area (Å²) in [5.74, 6) is 0.893. The summed E-state index contributed by atoms with van der Waals surface area (Å²) in [6, 6.07) is 0. The smallest absolute Gasteiger partial charge is 0.194 e. The Morgan fingerprint density at radius 2 is 2.22 bits per heavy atom. The number of hydrogen-bond acceptors (Lipinski definition) is 3. The van der Waals surface area contributed by atoms with Crippen LogP contribution in [0.5, 0.6) is 0 Å². The Balaban J connectivity index is 1.59. The monoisotopic (exact) mass is 263 g/mol. The van der Waals surface area contributed by atoms with Gasteiger partial charge in [-0.3, -0.25) is 4.40 Å². The topological polar surface area (TPSA) is 29.3 Å². The second kappa shape index (κ2) is 5.41. The highest BCUT2D eigenvalue weighted by molar-refractivity contribution is 7.15. The van der Waals surface area contributed by atoms with Crippen molar-refractivity contribution in [2.45, 2.75) is 45.6 Å². The first kappa shape index (κ1) is 12.2. The quantitative estimate of drug-likeness (QED) is 0.916. The molecule has 0 atom stereocenters. The minimum Gasteiger partial charge on any atom is -0.311 e. The molecule has 4 heteroatoms. The third-order valence-electron chi connectivity index (χ3n) is 4.01. The molecule has 2 aromatic heterocycles. The average molecular weight is 263 g/mol. The van der Waals surface area contributed by atoms with E-state index in [4.69, 9.17) is 0 Å². The lowest BCUT2D eigenvalue weighted by atomic mass is 9.89. The van der Waals surface area contributed by atoms with Gasteiger partial charge in [0.1, 0.15) is 0 Å². The Bertz CT molecular complexity index is 508. The Morgan fingerprint density at radius 3 is 3.06 bits per heavy atom. The van der Waals surface area contributed by atoms with Gasteiger partial charge in [-0.25, -0.2) is 4.98 Å². The van der Waals surface area contributed by atoms with Crippen molar-refractivity contribution < 1.29 is 0 Å². The van der Waals surface area contributed by atoms with Gasteiger partial charge in [-0.05, 0) is 32.2 Å². The molecule has 0 saturated heterocycles. The Hall–Kier alpha value is -0.870. The predicted octanol–water partition coefficient (Wildman–Crippen LogP) is 3.37. The summed E-state index contributed by atoms with van der Waals surface area (Å²) >= 11 is 1.71. The summed E-state index contributed by atoms with van der Waals surface area (Å²) in [4.78, 5) is 5.69. The largest absolute Gasteiger partial charge is 0.311 e. The van der Waals surface area contributed by atoms with Crippen molar-refractivity contribution in [2.24, 2.45) is 5.92 Å². The van der Waals surface area contributed by atoms with Crippen molar-refractivity contribution >= 4 is 16.3 Å².